The molecule has 0 bridgehead atoms. The summed E-state index contributed by atoms with van der Waals surface area (Å²) in [5, 5.41) is 7.11. The lowest BCUT2D eigenvalue weighted by Crippen LogP contribution is -2.37. The van der Waals surface area contributed by atoms with Crippen LogP contribution in [-0.4, -0.2) is 24.2 Å². The lowest BCUT2D eigenvalue weighted by molar-refractivity contribution is -0.120. The van der Waals surface area contributed by atoms with Crippen molar-refractivity contribution < 1.29 is 4.79 Å². The number of halogens is 1. The molecule has 1 unspecified atom stereocenters. The highest BCUT2D eigenvalue weighted by Gasteiger charge is 2.25. The minimum absolute atomic E-state index is 0.101. The molecule has 1 amide bonds. The van der Waals surface area contributed by atoms with Gasteiger partial charge in [0.05, 0.1) is 6.54 Å². The molecule has 1 fully saturated rings. The molecule has 3 rings (SSSR count). The van der Waals surface area contributed by atoms with Crippen LogP contribution in [0.3, 0.4) is 0 Å². The van der Waals surface area contributed by atoms with Crippen LogP contribution in [0, 0.1) is 0 Å². The first-order valence-electron chi connectivity index (χ1n) is 6.67. The quantitative estimate of drug-likeness (QED) is 0.898. The molecule has 1 heterocycles. The van der Waals surface area contributed by atoms with Crippen molar-refractivity contribution in [3.05, 3.63) is 28.8 Å². The molecule has 102 valence electrons. The predicted molar refractivity (Wildman–Crippen MR) is 78.7 cm³/mol. The zero-order chi connectivity index (χ0) is 13.2. The van der Waals surface area contributed by atoms with E-state index in [-0.39, 0.29) is 11.9 Å². The first kappa shape index (κ1) is 13.3. The molecule has 0 spiro atoms. The van der Waals surface area contributed by atoms with Gasteiger partial charge in [-0.25, -0.2) is 0 Å². The third kappa shape index (κ3) is 3.44. The third-order valence-electron chi connectivity index (χ3n) is 3.46. The van der Waals surface area contributed by atoms with Gasteiger partial charge in [0.25, 0.3) is 0 Å². The Kier molecular flexibility index (Phi) is 4.01. The Labute approximate surface area is 122 Å². The molecule has 1 saturated carbocycles. The van der Waals surface area contributed by atoms with Gasteiger partial charge in [-0.15, -0.1) is 11.8 Å². The molecule has 1 aliphatic carbocycles. The highest BCUT2D eigenvalue weighted by Crippen LogP contribution is 2.37. The van der Waals surface area contributed by atoms with Gasteiger partial charge in [0.15, 0.2) is 0 Å². The van der Waals surface area contributed by atoms with Gasteiger partial charge in [-0.05, 0) is 48.8 Å². The maximum absolute atomic E-state index is 11.7. The second-order valence-corrected chi connectivity index (χ2v) is 6.67. The van der Waals surface area contributed by atoms with Crippen molar-refractivity contribution in [2.24, 2.45) is 0 Å². The summed E-state index contributed by atoms with van der Waals surface area (Å²) in [6.45, 7) is 0.387. The van der Waals surface area contributed by atoms with Gasteiger partial charge in [0.1, 0.15) is 0 Å². The molecule has 2 aliphatic rings. The first-order valence-corrected chi connectivity index (χ1v) is 8.04. The van der Waals surface area contributed by atoms with Crippen molar-refractivity contribution in [1.29, 1.82) is 0 Å². The highest BCUT2D eigenvalue weighted by molar-refractivity contribution is 7.99. The second kappa shape index (κ2) is 5.73. The number of nitrogens with one attached hydrogen (secondary N) is 2. The van der Waals surface area contributed by atoms with Gasteiger partial charge in [-0.2, -0.15) is 0 Å². The lowest BCUT2D eigenvalue weighted by Gasteiger charge is -2.26. The monoisotopic (exact) mass is 296 g/mol. The predicted octanol–water partition coefficient (Wildman–Crippen LogP) is 2.75. The second-order valence-electron chi connectivity index (χ2n) is 5.09. The van der Waals surface area contributed by atoms with Crippen molar-refractivity contribution >= 4 is 29.3 Å². The van der Waals surface area contributed by atoms with Gasteiger partial charge >= 0.3 is 0 Å². The fraction of sp³-hybridized carbons (Fsp3) is 0.500. The van der Waals surface area contributed by atoms with Crippen LogP contribution in [0.15, 0.2) is 23.1 Å². The van der Waals surface area contributed by atoms with E-state index in [1.54, 1.807) is 0 Å². The van der Waals surface area contributed by atoms with E-state index >= 15 is 0 Å². The molecule has 19 heavy (non-hydrogen) atoms. The van der Waals surface area contributed by atoms with E-state index in [0.717, 1.165) is 30.0 Å². The van der Waals surface area contributed by atoms with Crippen molar-refractivity contribution in [2.45, 2.75) is 36.2 Å². The molecule has 1 aromatic rings. The van der Waals surface area contributed by atoms with E-state index in [1.165, 1.54) is 10.5 Å². The summed E-state index contributed by atoms with van der Waals surface area (Å²) in [5.74, 6) is 1.18. The Morgan fingerprint density at radius 3 is 3.00 bits per heavy atom. The summed E-state index contributed by atoms with van der Waals surface area (Å²) in [4.78, 5) is 13.0. The topological polar surface area (TPSA) is 41.1 Å². The van der Waals surface area contributed by atoms with Crippen LogP contribution >= 0.6 is 23.4 Å². The van der Waals surface area contributed by atoms with Crippen molar-refractivity contribution in [2.75, 3.05) is 12.3 Å². The molecule has 0 radical (unpaired) electrons. The van der Waals surface area contributed by atoms with Crippen LogP contribution in [0.25, 0.3) is 0 Å². The van der Waals surface area contributed by atoms with Crippen LogP contribution in [0.1, 0.15) is 30.9 Å². The van der Waals surface area contributed by atoms with E-state index in [9.17, 15) is 4.79 Å². The van der Waals surface area contributed by atoms with E-state index in [0.29, 0.717) is 12.6 Å². The summed E-state index contributed by atoms with van der Waals surface area (Å²) in [5.41, 5.74) is 1.22. The zero-order valence-corrected chi connectivity index (χ0v) is 12.2. The SMILES string of the molecule is O=C(CNC1CCSc2ccc(Cl)cc21)NC1CC1. The molecule has 5 heteroatoms. The average molecular weight is 297 g/mol. The van der Waals surface area contributed by atoms with Crippen LogP contribution in [0.4, 0.5) is 0 Å². The molecule has 3 nitrogen and oxygen atoms in total. The molecule has 1 atom stereocenters. The number of fused-ring (bicyclic) bond motifs is 1. The number of carbonyl (C=O) groups is 1. The Bertz CT molecular complexity index is 490. The summed E-state index contributed by atoms with van der Waals surface area (Å²) >= 11 is 7.92. The Balaban J connectivity index is 1.62. The summed E-state index contributed by atoms with van der Waals surface area (Å²) < 4.78 is 0. The molecule has 1 aliphatic heterocycles. The van der Waals surface area contributed by atoms with E-state index in [4.69, 9.17) is 11.6 Å². The summed E-state index contributed by atoms with van der Waals surface area (Å²) in [6, 6.07) is 6.67. The van der Waals surface area contributed by atoms with Gasteiger partial charge < -0.3 is 10.6 Å². The minimum Gasteiger partial charge on any atom is -0.352 e. The van der Waals surface area contributed by atoms with Crippen molar-refractivity contribution in [1.82, 2.24) is 10.6 Å². The molecule has 2 N–H and O–H groups in total. The van der Waals surface area contributed by atoms with Crippen LogP contribution in [0.5, 0.6) is 0 Å². The fourth-order valence-corrected chi connectivity index (χ4v) is 3.59. The molecule has 0 aromatic heterocycles. The minimum atomic E-state index is 0.101. The molecular weight excluding hydrogens is 280 g/mol. The van der Waals surface area contributed by atoms with E-state index in [2.05, 4.69) is 16.7 Å². The number of rotatable bonds is 4. The third-order valence-corrected chi connectivity index (χ3v) is 4.82. The molecule has 1 aromatic carbocycles. The van der Waals surface area contributed by atoms with Crippen LogP contribution in [-0.2, 0) is 4.79 Å². The van der Waals surface area contributed by atoms with Crippen molar-refractivity contribution in [3.63, 3.8) is 0 Å². The number of thioether (sulfide) groups is 1. The van der Waals surface area contributed by atoms with Gasteiger partial charge in [-0.3, -0.25) is 4.79 Å². The smallest absolute Gasteiger partial charge is 0.234 e. The van der Waals surface area contributed by atoms with Gasteiger partial charge in [-0.1, -0.05) is 11.6 Å². The van der Waals surface area contributed by atoms with Crippen LogP contribution < -0.4 is 10.6 Å². The van der Waals surface area contributed by atoms with Gasteiger partial charge in [0, 0.05) is 22.0 Å². The fourth-order valence-electron chi connectivity index (χ4n) is 2.30. The number of carbonyl (C=O) groups excluding carboxylic acids is 1. The standard InChI is InChI=1S/C14H17ClN2OS/c15-9-1-4-13-11(7-9)12(5-6-19-13)16-8-14(18)17-10-2-3-10/h1,4,7,10,12,16H,2-3,5-6,8H2,(H,17,18). The summed E-state index contributed by atoms with van der Waals surface area (Å²) in [7, 11) is 0. The Hall–Kier alpha value is -0.710. The largest absolute Gasteiger partial charge is 0.352 e. The summed E-state index contributed by atoms with van der Waals surface area (Å²) in [6.07, 6.45) is 3.29. The van der Waals surface area contributed by atoms with Crippen LogP contribution in [0.2, 0.25) is 5.02 Å². The number of amides is 1. The molecular formula is C14H17ClN2OS. The van der Waals surface area contributed by atoms with Crippen molar-refractivity contribution in [3.8, 4) is 0 Å². The number of benzene rings is 1. The maximum Gasteiger partial charge on any atom is 0.234 e. The molecule has 0 saturated heterocycles. The van der Waals surface area contributed by atoms with E-state index < -0.39 is 0 Å². The first-order chi connectivity index (χ1) is 9.22. The highest BCUT2D eigenvalue weighted by atomic mass is 35.5. The average Bonchev–Trinajstić information content (AvgIpc) is 3.20. The maximum atomic E-state index is 11.7. The van der Waals surface area contributed by atoms with E-state index in [1.807, 2.05) is 23.9 Å². The zero-order valence-electron chi connectivity index (χ0n) is 10.6. The number of hydrogen-bond donors (Lipinski definition) is 2. The normalized spacial score (nSPS) is 21.8. The Morgan fingerprint density at radius 1 is 1.37 bits per heavy atom. The Morgan fingerprint density at radius 2 is 2.21 bits per heavy atom. The lowest BCUT2D eigenvalue weighted by atomic mass is 10.0. The number of hydrogen-bond acceptors (Lipinski definition) is 3. The van der Waals surface area contributed by atoms with Gasteiger partial charge in [0.2, 0.25) is 5.91 Å².